The van der Waals surface area contributed by atoms with Crippen LogP contribution in [0.1, 0.15) is 13.8 Å². The summed E-state index contributed by atoms with van der Waals surface area (Å²) in [4.78, 5) is 13.0. The molecule has 1 amide bonds. The van der Waals surface area contributed by atoms with Crippen molar-refractivity contribution >= 4 is 23.4 Å². The summed E-state index contributed by atoms with van der Waals surface area (Å²) >= 11 is 1.35. The number of anilines is 1. The van der Waals surface area contributed by atoms with E-state index < -0.39 is 5.25 Å². The number of hydrogen-bond donors (Lipinski definition) is 1. The average Bonchev–Trinajstić information content (AvgIpc) is 3.29. The molecular weight excluding hydrogens is 448 g/mol. The molecule has 0 fully saturated rings. The maximum Gasteiger partial charge on any atom is 0.237 e. The Hall–Kier alpha value is -3.78. The largest absolute Gasteiger partial charge is 0.497 e. The van der Waals surface area contributed by atoms with E-state index in [0.29, 0.717) is 29.0 Å². The van der Waals surface area contributed by atoms with Crippen molar-refractivity contribution in [3.63, 3.8) is 0 Å². The summed E-state index contributed by atoms with van der Waals surface area (Å²) in [5.74, 6) is 1.95. The number of carbonyl (C=O) groups is 1. The molecule has 174 valence electrons. The monoisotopic (exact) mass is 474 g/mol. The topological polar surface area (TPSA) is 78.3 Å². The van der Waals surface area contributed by atoms with Crippen LogP contribution in [0.2, 0.25) is 0 Å². The number of carbonyl (C=O) groups excluding carboxylic acids is 1. The molecule has 1 aromatic heterocycles. The minimum Gasteiger partial charge on any atom is -0.497 e. The first-order valence-electron chi connectivity index (χ1n) is 10.9. The molecule has 1 heterocycles. The molecule has 0 bridgehead atoms. The molecule has 1 N–H and O–H groups in total. The van der Waals surface area contributed by atoms with Crippen LogP contribution in [0.15, 0.2) is 84.0 Å². The molecular formula is C26H26N4O3S. The molecule has 0 aliphatic carbocycles. The van der Waals surface area contributed by atoms with Gasteiger partial charge in [-0.1, -0.05) is 42.1 Å². The van der Waals surface area contributed by atoms with E-state index in [2.05, 4.69) is 15.5 Å². The molecule has 0 aliphatic rings. The van der Waals surface area contributed by atoms with Crippen LogP contribution in [0, 0.1) is 0 Å². The van der Waals surface area contributed by atoms with E-state index >= 15 is 0 Å². The Balaban J connectivity index is 1.61. The second-order valence-electron chi connectivity index (χ2n) is 7.38. The van der Waals surface area contributed by atoms with Crippen molar-refractivity contribution in [2.45, 2.75) is 24.3 Å². The van der Waals surface area contributed by atoms with Gasteiger partial charge in [-0.2, -0.15) is 0 Å². The summed E-state index contributed by atoms with van der Waals surface area (Å²) in [6.07, 6.45) is 0. The Morgan fingerprint density at radius 3 is 2.41 bits per heavy atom. The lowest BCUT2D eigenvalue weighted by Crippen LogP contribution is -2.23. The number of benzene rings is 3. The lowest BCUT2D eigenvalue weighted by atomic mass is 10.2. The molecule has 7 nitrogen and oxygen atoms in total. The zero-order chi connectivity index (χ0) is 23.9. The second-order valence-corrected chi connectivity index (χ2v) is 8.69. The van der Waals surface area contributed by atoms with Crippen LogP contribution in [0.4, 0.5) is 5.69 Å². The standard InChI is InChI=1S/C26H26N4O3S/c1-4-33-23-13-9-8-12-22(23)27-25(31)18(2)34-26-29-28-24(19-14-16-21(32-3)17-15-19)30(26)20-10-6-5-7-11-20/h5-18H,4H2,1-3H3,(H,27,31). The van der Waals surface area contributed by atoms with Gasteiger partial charge in [-0.25, -0.2) is 0 Å². The molecule has 1 unspecified atom stereocenters. The first-order valence-corrected chi connectivity index (χ1v) is 11.8. The highest BCUT2D eigenvalue weighted by molar-refractivity contribution is 8.00. The maximum absolute atomic E-state index is 13.0. The van der Waals surface area contributed by atoms with Gasteiger partial charge >= 0.3 is 0 Å². The Morgan fingerprint density at radius 1 is 1.00 bits per heavy atom. The predicted octanol–water partition coefficient (Wildman–Crippen LogP) is 5.46. The Morgan fingerprint density at radius 2 is 1.71 bits per heavy atom. The molecule has 0 saturated carbocycles. The van der Waals surface area contributed by atoms with Crippen molar-refractivity contribution in [1.82, 2.24) is 14.8 Å². The van der Waals surface area contributed by atoms with Crippen LogP contribution < -0.4 is 14.8 Å². The van der Waals surface area contributed by atoms with Crippen LogP contribution in [0.25, 0.3) is 17.1 Å². The van der Waals surface area contributed by atoms with E-state index in [1.54, 1.807) is 7.11 Å². The number of hydrogen-bond acceptors (Lipinski definition) is 6. The number of ether oxygens (including phenoxy) is 2. The van der Waals surface area contributed by atoms with Gasteiger partial charge in [0.25, 0.3) is 0 Å². The number of nitrogens with zero attached hydrogens (tertiary/aromatic N) is 3. The molecule has 0 radical (unpaired) electrons. The number of methoxy groups -OCH3 is 1. The molecule has 1 atom stereocenters. The lowest BCUT2D eigenvalue weighted by molar-refractivity contribution is -0.115. The highest BCUT2D eigenvalue weighted by atomic mass is 32.2. The minimum absolute atomic E-state index is 0.147. The highest BCUT2D eigenvalue weighted by Gasteiger charge is 2.22. The molecule has 8 heteroatoms. The van der Waals surface area contributed by atoms with Gasteiger partial charge in [-0.3, -0.25) is 9.36 Å². The Labute approximate surface area is 203 Å². The summed E-state index contributed by atoms with van der Waals surface area (Å²) in [7, 11) is 1.63. The summed E-state index contributed by atoms with van der Waals surface area (Å²) in [5.41, 5.74) is 2.45. The maximum atomic E-state index is 13.0. The van der Waals surface area contributed by atoms with Gasteiger partial charge < -0.3 is 14.8 Å². The van der Waals surface area contributed by atoms with Gasteiger partial charge in [0.1, 0.15) is 11.5 Å². The van der Waals surface area contributed by atoms with E-state index in [1.165, 1.54) is 11.8 Å². The van der Waals surface area contributed by atoms with Crippen LogP contribution in [-0.2, 0) is 4.79 Å². The van der Waals surface area contributed by atoms with Crippen molar-refractivity contribution in [2.24, 2.45) is 0 Å². The molecule has 4 rings (SSSR count). The summed E-state index contributed by atoms with van der Waals surface area (Å²) in [6, 6.07) is 24.9. The number of aromatic nitrogens is 3. The average molecular weight is 475 g/mol. The summed E-state index contributed by atoms with van der Waals surface area (Å²) < 4.78 is 12.9. The smallest absolute Gasteiger partial charge is 0.237 e. The van der Waals surface area contributed by atoms with Crippen LogP contribution >= 0.6 is 11.8 Å². The number of rotatable bonds is 9. The van der Waals surface area contributed by atoms with Crippen LogP contribution in [0.5, 0.6) is 11.5 Å². The Bertz CT molecular complexity index is 1240. The van der Waals surface area contributed by atoms with Gasteiger partial charge in [0.05, 0.1) is 24.7 Å². The first-order chi connectivity index (χ1) is 16.6. The van der Waals surface area contributed by atoms with Crippen LogP contribution in [0.3, 0.4) is 0 Å². The third-order valence-corrected chi connectivity index (χ3v) is 6.13. The van der Waals surface area contributed by atoms with E-state index in [0.717, 1.165) is 17.0 Å². The number of nitrogens with one attached hydrogen (secondary N) is 1. The van der Waals surface area contributed by atoms with E-state index in [4.69, 9.17) is 9.47 Å². The molecule has 3 aromatic carbocycles. The fourth-order valence-corrected chi connectivity index (χ4v) is 4.25. The molecule has 0 saturated heterocycles. The van der Waals surface area contributed by atoms with E-state index in [1.807, 2.05) is 97.3 Å². The number of para-hydroxylation sites is 3. The van der Waals surface area contributed by atoms with Crippen molar-refractivity contribution in [1.29, 1.82) is 0 Å². The molecule has 0 spiro atoms. The normalized spacial score (nSPS) is 11.6. The lowest BCUT2D eigenvalue weighted by Gasteiger charge is -2.15. The minimum atomic E-state index is -0.426. The van der Waals surface area contributed by atoms with Crippen molar-refractivity contribution in [2.75, 3.05) is 19.0 Å². The summed E-state index contributed by atoms with van der Waals surface area (Å²) in [5, 5.41) is 12.0. The first kappa shape index (κ1) is 23.4. The van der Waals surface area contributed by atoms with Gasteiger partial charge in [0, 0.05) is 11.3 Å². The van der Waals surface area contributed by atoms with Crippen molar-refractivity contribution in [3.05, 3.63) is 78.9 Å². The summed E-state index contributed by atoms with van der Waals surface area (Å²) in [6.45, 7) is 4.28. The molecule has 0 aliphatic heterocycles. The van der Waals surface area contributed by atoms with E-state index in [9.17, 15) is 4.79 Å². The van der Waals surface area contributed by atoms with Gasteiger partial charge in [-0.05, 0) is 62.4 Å². The second kappa shape index (κ2) is 10.9. The van der Waals surface area contributed by atoms with Crippen molar-refractivity contribution < 1.29 is 14.3 Å². The van der Waals surface area contributed by atoms with Gasteiger partial charge in [-0.15, -0.1) is 10.2 Å². The highest BCUT2D eigenvalue weighted by Crippen LogP contribution is 2.32. The van der Waals surface area contributed by atoms with Gasteiger partial charge in [0.2, 0.25) is 5.91 Å². The zero-order valence-corrected chi connectivity index (χ0v) is 20.1. The predicted molar refractivity (Wildman–Crippen MR) is 135 cm³/mol. The fourth-order valence-electron chi connectivity index (χ4n) is 3.38. The van der Waals surface area contributed by atoms with Gasteiger partial charge in [0.15, 0.2) is 11.0 Å². The zero-order valence-electron chi connectivity index (χ0n) is 19.3. The third kappa shape index (κ3) is 5.23. The quantitative estimate of drug-likeness (QED) is 0.325. The fraction of sp³-hybridized carbons (Fsp3) is 0.192. The third-order valence-electron chi connectivity index (χ3n) is 5.09. The van der Waals surface area contributed by atoms with Crippen molar-refractivity contribution in [3.8, 4) is 28.6 Å². The molecule has 4 aromatic rings. The Kier molecular flexibility index (Phi) is 7.49. The number of thioether (sulfide) groups is 1. The van der Waals surface area contributed by atoms with E-state index in [-0.39, 0.29) is 5.91 Å². The van der Waals surface area contributed by atoms with Crippen LogP contribution in [-0.4, -0.2) is 39.6 Å². The number of amides is 1. The SMILES string of the molecule is CCOc1ccccc1NC(=O)C(C)Sc1nnc(-c2ccc(OC)cc2)n1-c1ccccc1. The molecule has 34 heavy (non-hydrogen) atoms.